The van der Waals surface area contributed by atoms with Crippen LogP contribution in [0.1, 0.15) is 18.1 Å². The van der Waals surface area contributed by atoms with E-state index in [0.717, 1.165) is 32.3 Å². The van der Waals surface area contributed by atoms with Crippen LogP contribution in [0.2, 0.25) is 0 Å². The van der Waals surface area contributed by atoms with Crippen LogP contribution in [0.3, 0.4) is 0 Å². The summed E-state index contributed by atoms with van der Waals surface area (Å²) in [6.45, 7) is 4.78. The molecule has 4 heteroatoms. The van der Waals surface area contributed by atoms with E-state index in [1.807, 2.05) is 12.1 Å². The van der Waals surface area contributed by atoms with Crippen LogP contribution in [0.5, 0.6) is 5.75 Å². The van der Waals surface area contributed by atoms with Gasteiger partial charge >= 0.3 is 0 Å². The molecule has 0 unspecified atom stereocenters. The first kappa shape index (κ1) is 16.0. The van der Waals surface area contributed by atoms with Gasteiger partial charge in [-0.1, -0.05) is 37.3 Å². The maximum Gasteiger partial charge on any atom is 0.133 e. The molecule has 0 amide bonds. The van der Waals surface area contributed by atoms with E-state index in [1.54, 1.807) is 0 Å². The standard InChI is InChI=1S/C16H17I2NO/c1-2-19(10-12-6-4-3-5-7-12)11-13-8-14(17)9-15(18)16(13)20/h3-9,20H,2,10-11H2,1H3. The Kier molecular flexibility index (Phi) is 6.10. The SMILES string of the molecule is CCN(Cc1ccccc1)Cc1cc(I)cc(I)c1O. The molecule has 0 aliphatic rings. The first-order valence-corrected chi connectivity index (χ1v) is 8.69. The van der Waals surface area contributed by atoms with Crippen molar-refractivity contribution in [3.05, 3.63) is 60.7 Å². The fraction of sp³-hybridized carbons (Fsp3) is 0.250. The monoisotopic (exact) mass is 493 g/mol. The van der Waals surface area contributed by atoms with E-state index in [9.17, 15) is 5.11 Å². The van der Waals surface area contributed by atoms with E-state index in [-0.39, 0.29) is 0 Å². The number of hydrogen-bond acceptors (Lipinski definition) is 2. The number of phenols is 1. The van der Waals surface area contributed by atoms with Gasteiger partial charge in [0.15, 0.2) is 0 Å². The fourth-order valence-corrected chi connectivity index (χ4v) is 4.07. The second-order valence-corrected chi connectivity index (χ2v) is 7.09. The Morgan fingerprint density at radius 1 is 1.05 bits per heavy atom. The van der Waals surface area contributed by atoms with Crippen molar-refractivity contribution in [3.63, 3.8) is 0 Å². The third kappa shape index (κ3) is 4.33. The molecule has 2 aromatic rings. The summed E-state index contributed by atoms with van der Waals surface area (Å²) in [7, 11) is 0. The van der Waals surface area contributed by atoms with E-state index in [0.29, 0.717) is 5.75 Å². The molecule has 20 heavy (non-hydrogen) atoms. The highest BCUT2D eigenvalue weighted by Gasteiger charge is 2.11. The summed E-state index contributed by atoms with van der Waals surface area (Å²) < 4.78 is 2.08. The van der Waals surface area contributed by atoms with Crippen molar-refractivity contribution < 1.29 is 5.11 Å². The van der Waals surface area contributed by atoms with E-state index < -0.39 is 0 Å². The summed E-state index contributed by atoms with van der Waals surface area (Å²) in [5.74, 6) is 0.414. The largest absolute Gasteiger partial charge is 0.507 e. The second kappa shape index (κ2) is 7.61. The minimum atomic E-state index is 0.414. The third-order valence-corrected chi connectivity index (χ3v) is 4.64. The lowest BCUT2D eigenvalue weighted by molar-refractivity contribution is 0.267. The van der Waals surface area contributed by atoms with Crippen LogP contribution in [0, 0.1) is 7.14 Å². The van der Waals surface area contributed by atoms with Gasteiger partial charge in [-0.3, -0.25) is 4.90 Å². The Morgan fingerprint density at radius 3 is 2.40 bits per heavy atom. The van der Waals surface area contributed by atoms with Gasteiger partial charge in [-0.2, -0.15) is 0 Å². The molecule has 2 nitrogen and oxygen atoms in total. The summed E-state index contributed by atoms with van der Waals surface area (Å²) in [6.07, 6.45) is 0. The zero-order valence-electron chi connectivity index (χ0n) is 11.3. The summed E-state index contributed by atoms with van der Waals surface area (Å²) in [4.78, 5) is 2.33. The summed E-state index contributed by atoms with van der Waals surface area (Å²) >= 11 is 4.48. The van der Waals surface area contributed by atoms with Crippen LogP contribution in [-0.2, 0) is 13.1 Å². The highest BCUT2D eigenvalue weighted by molar-refractivity contribution is 14.1. The lowest BCUT2D eigenvalue weighted by Gasteiger charge is -2.21. The zero-order valence-corrected chi connectivity index (χ0v) is 15.6. The van der Waals surface area contributed by atoms with Crippen molar-refractivity contribution in [2.45, 2.75) is 20.0 Å². The van der Waals surface area contributed by atoms with Gasteiger partial charge in [-0.15, -0.1) is 0 Å². The van der Waals surface area contributed by atoms with Crippen molar-refractivity contribution >= 4 is 45.2 Å². The maximum atomic E-state index is 10.2. The Hall–Kier alpha value is -0.340. The number of aromatic hydroxyl groups is 1. The molecule has 2 aromatic carbocycles. The smallest absolute Gasteiger partial charge is 0.133 e. The Labute approximate surface area is 147 Å². The van der Waals surface area contributed by atoms with Gasteiger partial charge in [0.25, 0.3) is 0 Å². The molecule has 0 spiro atoms. The molecule has 0 heterocycles. The number of halogens is 2. The van der Waals surface area contributed by atoms with E-state index in [1.165, 1.54) is 5.56 Å². The topological polar surface area (TPSA) is 23.5 Å². The van der Waals surface area contributed by atoms with Crippen molar-refractivity contribution in [2.75, 3.05) is 6.54 Å². The highest BCUT2D eigenvalue weighted by atomic mass is 127. The van der Waals surface area contributed by atoms with Crippen LogP contribution < -0.4 is 0 Å². The molecular formula is C16H17I2NO. The number of phenolic OH excluding ortho intramolecular Hbond substituents is 1. The molecule has 2 rings (SSSR count). The molecule has 0 fully saturated rings. The van der Waals surface area contributed by atoms with Gasteiger partial charge in [-0.25, -0.2) is 0 Å². The van der Waals surface area contributed by atoms with E-state index in [4.69, 9.17) is 0 Å². The molecule has 0 aromatic heterocycles. The zero-order chi connectivity index (χ0) is 14.5. The maximum absolute atomic E-state index is 10.2. The third-order valence-electron chi connectivity index (χ3n) is 3.20. The van der Waals surface area contributed by atoms with Crippen molar-refractivity contribution in [1.82, 2.24) is 4.90 Å². The van der Waals surface area contributed by atoms with Crippen molar-refractivity contribution in [1.29, 1.82) is 0 Å². The Balaban J connectivity index is 2.14. The number of hydrogen-bond donors (Lipinski definition) is 1. The molecule has 106 valence electrons. The average molecular weight is 493 g/mol. The summed E-state index contributed by atoms with van der Waals surface area (Å²) in [6, 6.07) is 14.5. The van der Waals surface area contributed by atoms with Gasteiger partial charge < -0.3 is 5.11 Å². The Bertz CT molecular complexity index is 572. The van der Waals surface area contributed by atoms with Crippen molar-refractivity contribution in [3.8, 4) is 5.75 Å². The van der Waals surface area contributed by atoms with E-state index in [2.05, 4.69) is 87.3 Å². The minimum absolute atomic E-state index is 0.414. The van der Waals surface area contributed by atoms with Crippen LogP contribution in [-0.4, -0.2) is 16.6 Å². The van der Waals surface area contributed by atoms with Crippen LogP contribution in [0.4, 0.5) is 0 Å². The van der Waals surface area contributed by atoms with Crippen LogP contribution >= 0.6 is 45.2 Å². The molecule has 0 atom stereocenters. The number of nitrogens with zero attached hydrogens (tertiary/aromatic N) is 1. The van der Waals surface area contributed by atoms with Gasteiger partial charge in [0.1, 0.15) is 5.75 Å². The summed E-state index contributed by atoms with van der Waals surface area (Å²) in [5.41, 5.74) is 2.30. The quantitative estimate of drug-likeness (QED) is 0.615. The number of rotatable bonds is 5. The second-order valence-electron chi connectivity index (χ2n) is 4.68. The molecule has 0 saturated heterocycles. The average Bonchev–Trinajstić information content (AvgIpc) is 2.44. The minimum Gasteiger partial charge on any atom is -0.507 e. The summed E-state index contributed by atoms with van der Waals surface area (Å²) in [5, 5.41) is 10.2. The van der Waals surface area contributed by atoms with Gasteiger partial charge in [-0.05, 0) is 69.4 Å². The molecular weight excluding hydrogens is 476 g/mol. The molecule has 0 radical (unpaired) electrons. The fourth-order valence-electron chi connectivity index (χ4n) is 2.10. The molecule has 0 aliphatic heterocycles. The first-order chi connectivity index (χ1) is 9.60. The predicted octanol–water partition coefficient (Wildman–Crippen LogP) is 4.62. The lowest BCUT2D eigenvalue weighted by atomic mass is 10.1. The van der Waals surface area contributed by atoms with Gasteiger partial charge in [0.05, 0.1) is 3.57 Å². The molecule has 0 saturated carbocycles. The van der Waals surface area contributed by atoms with E-state index >= 15 is 0 Å². The molecule has 0 aliphatic carbocycles. The predicted molar refractivity (Wildman–Crippen MR) is 99.8 cm³/mol. The first-order valence-electron chi connectivity index (χ1n) is 6.53. The lowest BCUT2D eigenvalue weighted by Crippen LogP contribution is -2.22. The molecule has 1 N–H and O–H groups in total. The van der Waals surface area contributed by atoms with Crippen LogP contribution in [0.15, 0.2) is 42.5 Å². The normalized spacial score (nSPS) is 11.0. The van der Waals surface area contributed by atoms with Crippen molar-refractivity contribution in [2.24, 2.45) is 0 Å². The molecule has 0 bridgehead atoms. The highest BCUT2D eigenvalue weighted by Crippen LogP contribution is 2.28. The van der Waals surface area contributed by atoms with Crippen LogP contribution in [0.25, 0.3) is 0 Å². The number of benzene rings is 2. The van der Waals surface area contributed by atoms with Gasteiger partial charge in [0.2, 0.25) is 0 Å². The van der Waals surface area contributed by atoms with Gasteiger partial charge in [0, 0.05) is 22.2 Å². The Morgan fingerprint density at radius 2 is 1.75 bits per heavy atom.